The fourth-order valence-corrected chi connectivity index (χ4v) is 1.92. The summed E-state index contributed by atoms with van der Waals surface area (Å²) in [6.45, 7) is 10.1. The first kappa shape index (κ1) is 12.0. The van der Waals surface area contributed by atoms with Gasteiger partial charge in [0, 0.05) is 6.42 Å². The Bertz CT molecular complexity index is 208. The molecular formula is C11H23NO2. The molecule has 1 aliphatic heterocycles. The SMILES string of the molecule is CC1OC(C(C)(C)C)CC(C)(O)C1N. The van der Waals surface area contributed by atoms with Crippen LogP contribution in [0.2, 0.25) is 0 Å². The van der Waals surface area contributed by atoms with Gasteiger partial charge in [-0.15, -0.1) is 0 Å². The van der Waals surface area contributed by atoms with E-state index < -0.39 is 5.60 Å². The van der Waals surface area contributed by atoms with E-state index in [-0.39, 0.29) is 23.7 Å². The predicted octanol–water partition coefficient (Wildman–Crippen LogP) is 1.29. The fraction of sp³-hybridized carbons (Fsp3) is 1.00. The molecule has 3 nitrogen and oxygen atoms in total. The van der Waals surface area contributed by atoms with Crippen LogP contribution in [0.1, 0.15) is 41.0 Å². The Kier molecular flexibility index (Phi) is 2.96. The molecule has 4 unspecified atom stereocenters. The quantitative estimate of drug-likeness (QED) is 0.621. The highest BCUT2D eigenvalue weighted by atomic mass is 16.5. The van der Waals surface area contributed by atoms with Crippen LogP contribution in [-0.4, -0.2) is 29.0 Å². The highest BCUT2D eigenvalue weighted by Gasteiger charge is 2.45. The van der Waals surface area contributed by atoms with Crippen molar-refractivity contribution < 1.29 is 9.84 Å². The third kappa shape index (κ3) is 2.27. The summed E-state index contributed by atoms with van der Waals surface area (Å²) >= 11 is 0. The second-order valence-corrected chi connectivity index (χ2v) is 5.78. The Labute approximate surface area is 86.6 Å². The smallest absolute Gasteiger partial charge is 0.0820 e. The van der Waals surface area contributed by atoms with Gasteiger partial charge >= 0.3 is 0 Å². The zero-order valence-corrected chi connectivity index (χ0v) is 9.87. The van der Waals surface area contributed by atoms with Crippen molar-refractivity contribution in [2.24, 2.45) is 11.1 Å². The lowest BCUT2D eigenvalue weighted by Gasteiger charge is -2.47. The molecule has 1 saturated heterocycles. The second kappa shape index (κ2) is 3.47. The van der Waals surface area contributed by atoms with Gasteiger partial charge in [0.25, 0.3) is 0 Å². The lowest BCUT2D eigenvalue weighted by Crippen LogP contribution is -2.61. The number of rotatable bonds is 0. The molecule has 0 radical (unpaired) electrons. The van der Waals surface area contributed by atoms with E-state index in [9.17, 15) is 5.11 Å². The minimum absolute atomic E-state index is 0.0540. The largest absolute Gasteiger partial charge is 0.388 e. The Morgan fingerprint density at radius 2 is 1.93 bits per heavy atom. The zero-order chi connectivity index (χ0) is 11.1. The Hall–Kier alpha value is -0.120. The van der Waals surface area contributed by atoms with E-state index in [0.717, 1.165) is 0 Å². The molecule has 1 aliphatic rings. The van der Waals surface area contributed by atoms with E-state index in [1.165, 1.54) is 0 Å². The van der Waals surface area contributed by atoms with Crippen molar-refractivity contribution in [2.75, 3.05) is 0 Å². The van der Waals surface area contributed by atoms with Crippen LogP contribution in [0.25, 0.3) is 0 Å². The van der Waals surface area contributed by atoms with Crippen LogP contribution in [0.3, 0.4) is 0 Å². The molecule has 1 fully saturated rings. The van der Waals surface area contributed by atoms with Gasteiger partial charge in [-0.25, -0.2) is 0 Å². The van der Waals surface area contributed by atoms with E-state index >= 15 is 0 Å². The first-order valence-electron chi connectivity index (χ1n) is 5.28. The fourth-order valence-electron chi connectivity index (χ4n) is 1.92. The molecule has 84 valence electrons. The topological polar surface area (TPSA) is 55.5 Å². The van der Waals surface area contributed by atoms with E-state index in [0.29, 0.717) is 6.42 Å². The average Bonchev–Trinajstić information content (AvgIpc) is 1.97. The van der Waals surface area contributed by atoms with Crippen LogP contribution in [0.5, 0.6) is 0 Å². The molecule has 0 amide bonds. The van der Waals surface area contributed by atoms with E-state index in [4.69, 9.17) is 10.5 Å². The Balaban J connectivity index is 2.79. The summed E-state index contributed by atoms with van der Waals surface area (Å²) in [5, 5.41) is 10.1. The summed E-state index contributed by atoms with van der Waals surface area (Å²) in [4.78, 5) is 0. The summed E-state index contributed by atoms with van der Waals surface area (Å²) in [5.74, 6) is 0. The van der Waals surface area contributed by atoms with E-state index in [2.05, 4.69) is 20.8 Å². The van der Waals surface area contributed by atoms with Gasteiger partial charge in [-0.2, -0.15) is 0 Å². The van der Waals surface area contributed by atoms with Crippen LogP contribution in [0.4, 0.5) is 0 Å². The van der Waals surface area contributed by atoms with E-state index in [1.54, 1.807) is 6.92 Å². The molecule has 0 spiro atoms. The minimum atomic E-state index is -0.810. The normalized spacial score (nSPS) is 45.2. The molecule has 1 rings (SSSR count). The summed E-state index contributed by atoms with van der Waals surface area (Å²) in [6.07, 6.45) is 0.609. The van der Waals surface area contributed by atoms with Crippen LogP contribution >= 0.6 is 0 Å². The van der Waals surface area contributed by atoms with Crippen LogP contribution < -0.4 is 5.73 Å². The van der Waals surface area contributed by atoms with Gasteiger partial charge in [0.15, 0.2) is 0 Å². The lowest BCUT2D eigenvalue weighted by atomic mass is 9.76. The molecule has 0 aliphatic carbocycles. The van der Waals surface area contributed by atoms with E-state index in [1.807, 2.05) is 6.92 Å². The van der Waals surface area contributed by atoms with Gasteiger partial charge in [-0.1, -0.05) is 20.8 Å². The van der Waals surface area contributed by atoms with Gasteiger partial charge < -0.3 is 15.6 Å². The lowest BCUT2D eigenvalue weighted by molar-refractivity contribution is -0.172. The minimum Gasteiger partial charge on any atom is -0.388 e. The average molecular weight is 201 g/mol. The first-order valence-corrected chi connectivity index (χ1v) is 5.28. The second-order valence-electron chi connectivity index (χ2n) is 5.78. The maximum absolute atomic E-state index is 10.1. The van der Waals surface area contributed by atoms with Gasteiger partial charge in [-0.3, -0.25) is 0 Å². The molecule has 3 heteroatoms. The van der Waals surface area contributed by atoms with Crippen LogP contribution in [0, 0.1) is 5.41 Å². The molecule has 0 bridgehead atoms. The number of hydrogen-bond acceptors (Lipinski definition) is 3. The molecule has 0 aromatic carbocycles. The van der Waals surface area contributed by atoms with Gasteiger partial charge in [-0.05, 0) is 19.3 Å². The highest BCUT2D eigenvalue weighted by Crippen LogP contribution is 2.36. The van der Waals surface area contributed by atoms with Crippen molar-refractivity contribution in [3.63, 3.8) is 0 Å². The van der Waals surface area contributed by atoms with Crippen molar-refractivity contribution in [3.05, 3.63) is 0 Å². The van der Waals surface area contributed by atoms with Crippen molar-refractivity contribution in [2.45, 2.75) is 64.9 Å². The third-order valence-electron chi connectivity index (χ3n) is 3.17. The number of nitrogens with two attached hydrogens (primary N) is 1. The number of aliphatic hydroxyl groups is 1. The third-order valence-corrected chi connectivity index (χ3v) is 3.17. The summed E-state index contributed by atoms with van der Waals surface area (Å²) in [5.41, 5.74) is 5.13. The maximum atomic E-state index is 10.1. The zero-order valence-electron chi connectivity index (χ0n) is 9.87. The molecule has 0 saturated carbocycles. The predicted molar refractivity (Wildman–Crippen MR) is 57.0 cm³/mol. The number of ether oxygens (including phenoxy) is 1. The standard InChI is InChI=1S/C11H23NO2/c1-7-9(12)11(5,13)6-8(14-7)10(2,3)4/h7-9,13H,6,12H2,1-5H3. The van der Waals surface area contributed by atoms with Crippen molar-refractivity contribution in [1.29, 1.82) is 0 Å². The first-order chi connectivity index (χ1) is 6.14. The molecule has 14 heavy (non-hydrogen) atoms. The Morgan fingerprint density at radius 1 is 1.43 bits per heavy atom. The monoisotopic (exact) mass is 201 g/mol. The molecule has 1 heterocycles. The summed E-state index contributed by atoms with van der Waals surface area (Å²) < 4.78 is 5.81. The highest BCUT2D eigenvalue weighted by molar-refractivity contribution is 4.98. The molecule has 4 atom stereocenters. The van der Waals surface area contributed by atoms with Crippen molar-refractivity contribution >= 4 is 0 Å². The summed E-state index contributed by atoms with van der Waals surface area (Å²) in [6, 6.07) is -0.291. The summed E-state index contributed by atoms with van der Waals surface area (Å²) in [7, 11) is 0. The van der Waals surface area contributed by atoms with Gasteiger partial charge in [0.2, 0.25) is 0 Å². The number of hydrogen-bond donors (Lipinski definition) is 2. The molecule has 0 aromatic rings. The molecule has 3 N–H and O–H groups in total. The van der Waals surface area contributed by atoms with Crippen LogP contribution in [-0.2, 0) is 4.74 Å². The van der Waals surface area contributed by atoms with Crippen LogP contribution in [0.15, 0.2) is 0 Å². The van der Waals surface area contributed by atoms with Crippen molar-refractivity contribution in [1.82, 2.24) is 0 Å². The Morgan fingerprint density at radius 3 is 2.29 bits per heavy atom. The molecular weight excluding hydrogens is 178 g/mol. The molecule has 0 aromatic heterocycles. The van der Waals surface area contributed by atoms with Gasteiger partial charge in [0.05, 0.1) is 23.9 Å². The van der Waals surface area contributed by atoms with Crippen molar-refractivity contribution in [3.8, 4) is 0 Å². The maximum Gasteiger partial charge on any atom is 0.0820 e. The van der Waals surface area contributed by atoms with Gasteiger partial charge in [0.1, 0.15) is 0 Å².